The quantitative estimate of drug-likeness (QED) is 0.630. The van der Waals surface area contributed by atoms with Gasteiger partial charge in [-0.1, -0.05) is 0 Å². The summed E-state index contributed by atoms with van der Waals surface area (Å²) in [5, 5.41) is 9.11. The third-order valence-electron chi connectivity index (χ3n) is 1.44. The van der Waals surface area contributed by atoms with Gasteiger partial charge in [0.2, 0.25) is 0 Å². The molecule has 0 bridgehead atoms. The first-order valence-corrected chi connectivity index (χ1v) is 4.34. The zero-order valence-electron chi connectivity index (χ0n) is 6.95. The van der Waals surface area contributed by atoms with Crippen LogP contribution in [-0.2, 0) is 16.0 Å². The summed E-state index contributed by atoms with van der Waals surface area (Å²) in [7, 11) is 1.32. The number of nitrogens with zero attached hydrogens (tertiary/aromatic N) is 1. The second-order valence-electron chi connectivity index (χ2n) is 2.37. The van der Waals surface area contributed by atoms with Crippen LogP contribution in [0.2, 0.25) is 0 Å². The van der Waals surface area contributed by atoms with Gasteiger partial charge in [-0.2, -0.15) is 0 Å². The third-order valence-corrected chi connectivity index (χ3v) is 2.02. The van der Waals surface area contributed by atoms with Crippen molar-refractivity contribution in [3.8, 4) is 5.75 Å². The molecule has 1 aromatic heterocycles. The second kappa shape index (κ2) is 4.23. The van der Waals surface area contributed by atoms with Crippen LogP contribution in [0, 0.1) is 0 Å². The van der Waals surface area contributed by atoms with E-state index in [0.717, 1.165) is 0 Å². The summed E-state index contributed by atoms with van der Waals surface area (Å²) in [5.41, 5.74) is 0.552. The highest BCUT2D eigenvalue weighted by molar-refractivity contribution is 9.10. The van der Waals surface area contributed by atoms with Gasteiger partial charge in [-0.3, -0.25) is 4.79 Å². The number of halogens is 1. The standard InChI is InChI=1S/C8H8BrNO3/c1-13-7(12)4-5-2-3-6(11)8(9)10-5/h2-3,11H,4H2,1H3. The van der Waals surface area contributed by atoms with Gasteiger partial charge in [0, 0.05) is 0 Å². The smallest absolute Gasteiger partial charge is 0.311 e. The fourth-order valence-electron chi connectivity index (χ4n) is 0.783. The van der Waals surface area contributed by atoms with Crippen LogP contribution in [0.15, 0.2) is 16.7 Å². The highest BCUT2D eigenvalue weighted by Crippen LogP contribution is 2.20. The Bertz CT molecular complexity index is 327. The lowest BCUT2D eigenvalue weighted by molar-refractivity contribution is -0.139. The molecule has 0 aliphatic rings. The average molecular weight is 246 g/mol. The number of methoxy groups -OCH3 is 1. The molecule has 1 aromatic rings. The summed E-state index contributed by atoms with van der Waals surface area (Å²) in [5.74, 6) is -0.307. The summed E-state index contributed by atoms with van der Waals surface area (Å²) in [4.78, 5) is 14.8. The lowest BCUT2D eigenvalue weighted by Crippen LogP contribution is -2.05. The molecule has 0 aliphatic carbocycles. The first-order chi connectivity index (χ1) is 6.13. The molecule has 0 radical (unpaired) electrons. The van der Waals surface area contributed by atoms with Gasteiger partial charge in [0.25, 0.3) is 0 Å². The van der Waals surface area contributed by atoms with E-state index in [1.807, 2.05) is 0 Å². The van der Waals surface area contributed by atoms with Gasteiger partial charge in [-0.25, -0.2) is 4.98 Å². The lowest BCUT2D eigenvalue weighted by Gasteiger charge is -2.00. The van der Waals surface area contributed by atoms with Crippen LogP contribution < -0.4 is 0 Å². The van der Waals surface area contributed by atoms with Crippen LogP contribution >= 0.6 is 15.9 Å². The van der Waals surface area contributed by atoms with E-state index in [0.29, 0.717) is 10.3 Å². The molecule has 0 saturated carbocycles. The number of carbonyl (C=O) groups is 1. The van der Waals surface area contributed by atoms with E-state index < -0.39 is 0 Å². The number of hydrogen-bond donors (Lipinski definition) is 1. The van der Waals surface area contributed by atoms with Crippen LogP contribution in [0.4, 0.5) is 0 Å². The minimum Gasteiger partial charge on any atom is -0.505 e. The Hall–Kier alpha value is -1.10. The molecule has 0 aromatic carbocycles. The zero-order valence-corrected chi connectivity index (χ0v) is 8.54. The molecule has 0 saturated heterocycles. The van der Waals surface area contributed by atoms with Gasteiger partial charge >= 0.3 is 5.97 Å². The van der Waals surface area contributed by atoms with Gasteiger partial charge in [0.1, 0.15) is 10.4 Å². The fourth-order valence-corrected chi connectivity index (χ4v) is 1.14. The molecule has 1 heterocycles. The highest BCUT2D eigenvalue weighted by atomic mass is 79.9. The molecule has 13 heavy (non-hydrogen) atoms. The molecule has 1 N–H and O–H groups in total. The number of aromatic nitrogens is 1. The number of esters is 1. The van der Waals surface area contributed by atoms with Crippen LogP contribution in [0.25, 0.3) is 0 Å². The molecule has 0 spiro atoms. The van der Waals surface area contributed by atoms with E-state index in [9.17, 15) is 4.79 Å². The molecular formula is C8H8BrNO3. The Morgan fingerprint density at radius 1 is 1.69 bits per heavy atom. The maximum atomic E-state index is 10.8. The molecule has 70 valence electrons. The molecule has 0 atom stereocenters. The SMILES string of the molecule is COC(=O)Cc1ccc(O)c(Br)n1. The van der Waals surface area contributed by atoms with E-state index in [1.165, 1.54) is 13.2 Å². The molecule has 0 unspecified atom stereocenters. The zero-order chi connectivity index (χ0) is 9.84. The predicted molar refractivity (Wildman–Crippen MR) is 49.3 cm³/mol. The fraction of sp³-hybridized carbons (Fsp3) is 0.250. The van der Waals surface area contributed by atoms with Crippen molar-refractivity contribution >= 4 is 21.9 Å². The van der Waals surface area contributed by atoms with Gasteiger partial charge in [0.15, 0.2) is 0 Å². The van der Waals surface area contributed by atoms with E-state index in [-0.39, 0.29) is 18.1 Å². The first-order valence-electron chi connectivity index (χ1n) is 3.54. The maximum Gasteiger partial charge on any atom is 0.311 e. The summed E-state index contributed by atoms with van der Waals surface area (Å²) >= 11 is 3.04. The van der Waals surface area contributed by atoms with Crippen LogP contribution in [0.1, 0.15) is 5.69 Å². The number of rotatable bonds is 2. The van der Waals surface area contributed by atoms with Crippen LogP contribution in [0.5, 0.6) is 5.75 Å². The molecule has 1 rings (SSSR count). The summed E-state index contributed by atoms with van der Waals surface area (Å²) in [6.07, 6.45) is 0.107. The van der Waals surface area contributed by atoms with Crippen molar-refractivity contribution in [2.24, 2.45) is 0 Å². The third kappa shape index (κ3) is 2.69. The van der Waals surface area contributed by atoms with Crippen LogP contribution in [0.3, 0.4) is 0 Å². The van der Waals surface area contributed by atoms with Crippen molar-refractivity contribution in [2.75, 3.05) is 7.11 Å². The molecule has 4 nitrogen and oxygen atoms in total. The highest BCUT2D eigenvalue weighted by Gasteiger charge is 2.06. The largest absolute Gasteiger partial charge is 0.505 e. The monoisotopic (exact) mass is 245 g/mol. The molecule has 5 heteroatoms. The van der Waals surface area contributed by atoms with E-state index >= 15 is 0 Å². The minimum atomic E-state index is -0.356. The number of carbonyl (C=O) groups excluding carboxylic acids is 1. The Kier molecular flexibility index (Phi) is 3.25. The number of pyridine rings is 1. The maximum absolute atomic E-state index is 10.8. The topological polar surface area (TPSA) is 59.4 Å². The summed E-state index contributed by atoms with van der Waals surface area (Å²) in [6.45, 7) is 0. The first kappa shape index (κ1) is 9.98. The van der Waals surface area contributed by atoms with Gasteiger partial charge in [-0.05, 0) is 28.1 Å². The van der Waals surface area contributed by atoms with Gasteiger partial charge in [0.05, 0.1) is 19.2 Å². The lowest BCUT2D eigenvalue weighted by atomic mass is 10.3. The van der Waals surface area contributed by atoms with Crippen molar-refractivity contribution < 1.29 is 14.6 Å². The number of ether oxygens (including phenoxy) is 1. The molecule has 0 amide bonds. The van der Waals surface area contributed by atoms with Crippen LogP contribution in [-0.4, -0.2) is 23.2 Å². The normalized spacial score (nSPS) is 9.69. The van der Waals surface area contributed by atoms with E-state index in [4.69, 9.17) is 5.11 Å². The molecule has 0 fully saturated rings. The number of hydrogen-bond acceptors (Lipinski definition) is 4. The van der Waals surface area contributed by atoms with Crippen molar-refractivity contribution in [1.29, 1.82) is 0 Å². The Balaban J connectivity index is 2.79. The van der Waals surface area contributed by atoms with Gasteiger partial charge < -0.3 is 9.84 Å². The van der Waals surface area contributed by atoms with E-state index in [1.54, 1.807) is 6.07 Å². The molecular weight excluding hydrogens is 238 g/mol. The van der Waals surface area contributed by atoms with Gasteiger partial charge in [-0.15, -0.1) is 0 Å². The van der Waals surface area contributed by atoms with Crippen molar-refractivity contribution in [3.63, 3.8) is 0 Å². The Morgan fingerprint density at radius 2 is 2.38 bits per heavy atom. The van der Waals surface area contributed by atoms with Crippen molar-refractivity contribution in [2.45, 2.75) is 6.42 Å². The van der Waals surface area contributed by atoms with E-state index in [2.05, 4.69) is 25.7 Å². The van der Waals surface area contributed by atoms with Crippen molar-refractivity contribution in [3.05, 3.63) is 22.4 Å². The summed E-state index contributed by atoms with van der Waals surface area (Å²) in [6, 6.07) is 3.03. The summed E-state index contributed by atoms with van der Waals surface area (Å²) < 4.78 is 4.80. The predicted octanol–water partition coefficient (Wildman–Crippen LogP) is 1.27. The Labute approximate surface area is 83.7 Å². The number of aromatic hydroxyl groups is 1. The minimum absolute atomic E-state index is 0.0496. The second-order valence-corrected chi connectivity index (χ2v) is 3.12. The molecule has 0 aliphatic heterocycles. The average Bonchev–Trinajstić information content (AvgIpc) is 2.11. The Morgan fingerprint density at radius 3 is 2.92 bits per heavy atom. The van der Waals surface area contributed by atoms with Crippen molar-refractivity contribution in [1.82, 2.24) is 4.98 Å².